The maximum atomic E-state index is 5.54. The van der Waals surface area contributed by atoms with Gasteiger partial charge in [-0.2, -0.15) is 0 Å². The van der Waals surface area contributed by atoms with E-state index in [9.17, 15) is 0 Å². The van der Waals surface area contributed by atoms with Crippen LogP contribution >= 0.6 is 0 Å². The number of hydrogen-bond acceptors (Lipinski definition) is 4. The molecule has 0 aliphatic heterocycles. The molecule has 0 saturated carbocycles. The van der Waals surface area contributed by atoms with Crippen molar-refractivity contribution in [1.29, 1.82) is 0 Å². The lowest BCUT2D eigenvalue weighted by Gasteiger charge is -2.33. The first-order valence-corrected chi connectivity index (χ1v) is 16.0. The molecule has 0 unspecified atom stereocenters. The third-order valence-electron chi connectivity index (χ3n) is 8.46. The zero-order valence-electron chi connectivity index (χ0n) is 27.0. The highest BCUT2D eigenvalue weighted by atomic mass is 16.5. The minimum atomic E-state index is 0.813. The second kappa shape index (κ2) is 14.0. The van der Waals surface area contributed by atoms with Crippen LogP contribution in [-0.4, -0.2) is 14.2 Å². The SMILES string of the molecule is COc1ccc(N(c2ccccc2)c2ccc(N(c3ccccc3)c3ccc(OC)cc3)c(-c3ccccc3)c2-c2ccccc2)cc1. The molecule has 0 saturated heterocycles. The topological polar surface area (TPSA) is 24.9 Å². The van der Waals surface area contributed by atoms with Gasteiger partial charge < -0.3 is 19.3 Å². The highest BCUT2D eigenvalue weighted by Crippen LogP contribution is 2.51. The predicted molar refractivity (Wildman–Crippen MR) is 200 cm³/mol. The van der Waals surface area contributed by atoms with Gasteiger partial charge in [-0.05, 0) is 96.1 Å². The van der Waals surface area contributed by atoms with Crippen LogP contribution in [-0.2, 0) is 0 Å². The molecule has 7 aromatic rings. The molecule has 7 rings (SSSR count). The van der Waals surface area contributed by atoms with E-state index in [1.54, 1.807) is 14.2 Å². The Morgan fingerprint density at radius 1 is 0.312 bits per heavy atom. The molecule has 0 atom stereocenters. The first kappa shape index (κ1) is 30.4. The predicted octanol–water partition coefficient (Wildman–Crippen LogP) is 12.0. The molecular formula is C44H36N2O2. The molecule has 0 aromatic heterocycles. The second-order valence-electron chi connectivity index (χ2n) is 11.3. The average Bonchev–Trinajstić information content (AvgIpc) is 3.17. The zero-order chi connectivity index (χ0) is 32.7. The van der Waals surface area contributed by atoms with Crippen molar-refractivity contribution in [2.45, 2.75) is 0 Å². The van der Waals surface area contributed by atoms with E-state index < -0.39 is 0 Å². The van der Waals surface area contributed by atoms with Gasteiger partial charge in [-0.25, -0.2) is 0 Å². The molecule has 7 aromatic carbocycles. The summed E-state index contributed by atoms with van der Waals surface area (Å²) >= 11 is 0. The van der Waals surface area contributed by atoms with Crippen LogP contribution in [0.25, 0.3) is 22.3 Å². The van der Waals surface area contributed by atoms with E-state index in [1.807, 2.05) is 24.3 Å². The Labute approximate surface area is 282 Å². The summed E-state index contributed by atoms with van der Waals surface area (Å²) in [4.78, 5) is 4.66. The minimum Gasteiger partial charge on any atom is -0.497 e. The van der Waals surface area contributed by atoms with Crippen molar-refractivity contribution in [2.24, 2.45) is 0 Å². The van der Waals surface area contributed by atoms with Crippen molar-refractivity contribution in [3.8, 4) is 33.8 Å². The molecule has 0 bridgehead atoms. The lowest BCUT2D eigenvalue weighted by atomic mass is 9.89. The van der Waals surface area contributed by atoms with E-state index in [2.05, 4.69) is 168 Å². The summed E-state index contributed by atoms with van der Waals surface area (Å²) in [6.45, 7) is 0. The van der Waals surface area contributed by atoms with E-state index in [-0.39, 0.29) is 0 Å². The van der Waals surface area contributed by atoms with Gasteiger partial charge in [0.15, 0.2) is 0 Å². The molecule has 0 spiro atoms. The first-order valence-electron chi connectivity index (χ1n) is 16.0. The number of rotatable bonds is 10. The highest BCUT2D eigenvalue weighted by molar-refractivity contribution is 6.04. The summed E-state index contributed by atoms with van der Waals surface area (Å²) in [6, 6.07) is 63.5. The van der Waals surface area contributed by atoms with Crippen molar-refractivity contribution in [2.75, 3.05) is 24.0 Å². The van der Waals surface area contributed by atoms with Crippen LogP contribution in [0, 0.1) is 0 Å². The van der Waals surface area contributed by atoms with Gasteiger partial charge in [0.1, 0.15) is 11.5 Å². The molecule has 0 radical (unpaired) electrons. The van der Waals surface area contributed by atoms with Gasteiger partial charge in [0.05, 0.1) is 25.6 Å². The lowest BCUT2D eigenvalue weighted by Crippen LogP contribution is -2.15. The van der Waals surface area contributed by atoms with Crippen molar-refractivity contribution in [1.82, 2.24) is 0 Å². The summed E-state index contributed by atoms with van der Waals surface area (Å²) in [7, 11) is 3.40. The van der Waals surface area contributed by atoms with E-state index in [0.29, 0.717) is 0 Å². The van der Waals surface area contributed by atoms with Gasteiger partial charge in [-0.1, -0.05) is 97.1 Å². The zero-order valence-corrected chi connectivity index (χ0v) is 27.0. The number of methoxy groups -OCH3 is 2. The summed E-state index contributed by atoms with van der Waals surface area (Å²) in [6.07, 6.45) is 0. The molecule has 48 heavy (non-hydrogen) atoms. The quantitative estimate of drug-likeness (QED) is 0.151. The summed E-state index contributed by atoms with van der Waals surface area (Å²) in [5.74, 6) is 1.63. The average molecular weight is 625 g/mol. The van der Waals surface area contributed by atoms with Crippen LogP contribution in [0.5, 0.6) is 11.5 Å². The maximum Gasteiger partial charge on any atom is 0.119 e. The van der Waals surface area contributed by atoms with Crippen LogP contribution < -0.4 is 19.3 Å². The van der Waals surface area contributed by atoms with Crippen molar-refractivity contribution in [3.63, 3.8) is 0 Å². The van der Waals surface area contributed by atoms with Gasteiger partial charge in [-0.15, -0.1) is 0 Å². The summed E-state index contributed by atoms with van der Waals surface area (Å²) < 4.78 is 11.1. The van der Waals surface area contributed by atoms with E-state index in [1.165, 1.54) is 0 Å². The maximum absolute atomic E-state index is 5.54. The monoisotopic (exact) mass is 624 g/mol. The molecule has 0 heterocycles. The smallest absolute Gasteiger partial charge is 0.119 e. The molecule has 0 aliphatic carbocycles. The second-order valence-corrected chi connectivity index (χ2v) is 11.3. The van der Waals surface area contributed by atoms with E-state index in [0.717, 1.165) is 67.9 Å². The normalized spacial score (nSPS) is 10.7. The van der Waals surface area contributed by atoms with Crippen molar-refractivity contribution < 1.29 is 9.47 Å². The van der Waals surface area contributed by atoms with Crippen LogP contribution in [0.1, 0.15) is 0 Å². The third kappa shape index (κ3) is 6.12. The number of anilines is 6. The van der Waals surface area contributed by atoms with Gasteiger partial charge in [0.2, 0.25) is 0 Å². The van der Waals surface area contributed by atoms with Gasteiger partial charge in [0.25, 0.3) is 0 Å². The Bertz CT molecular complexity index is 1910. The van der Waals surface area contributed by atoms with Gasteiger partial charge in [0, 0.05) is 33.9 Å². The fourth-order valence-corrected chi connectivity index (χ4v) is 6.22. The summed E-state index contributed by atoms with van der Waals surface area (Å²) in [5.41, 5.74) is 10.8. The Morgan fingerprint density at radius 2 is 0.604 bits per heavy atom. The number of nitrogens with zero attached hydrogens (tertiary/aromatic N) is 2. The molecule has 0 amide bonds. The van der Waals surface area contributed by atoms with Crippen LogP contribution in [0.15, 0.2) is 182 Å². The van der Waals surface area contributed by atoms with E-state index in [4.69, 9.17) is 9.47 Å². The Morgan fingerprint density at radius 3 is 0.917 bits per heavy atom. The van der Waals surface area contributed by atoms with Crippen LogP contribution in [0.4, 0.5) is 34.1 Å². The molecule has 0 fully saturated rings. The number of benzene rings is 7. The first-order chi connectivity index (χ1) is 23.7. The van der Waals surface area contributed by atoms with Crippen molar-refractivity contribution in [3.05, 3.63) is 182 Å². The van der Waals surface area contributed by atoms with Crippen LogP contribution in [0.2, 0.25) is 0 Å². The van der Waals surface area contributed by atoms with Crippen LogP contribution in [0.3, 0.4) is 0 Å². The van der Waals surface area contributed by atoms with E-state index >= 15 is 0 Å². The molecule has 4 heteroatoms. The minimum absolute atomic E-state index is 0.813. The summed E-state index contributed by atoms with van der Waals surface area (Å²) in [5, 5.41) is 0. The number of ether oxygens (including phenoxy) is 2. The Kier molecular flexibility index (Phi) is 8.88. The number of hydrogen-bond donors (Lipinski definition) is 0. The standard InChI is InChI=1S/C44H36N2O2/c1-47-39-27-23-37(24-28-39)45(35-19-11-5-12-20-35)41-31-32-42(44(34-17-9-4-10-18-34)43(41)33-15-7-3-8-16-33)46(36-21-13-6-14-22-36)38-25-29-40(48-2)30-26-38/h3-32H,1-2H3. The number of para-hydroxylation sites is 2. The molecule has 0 N–H and O–H groups in total. The van der Waals surface area contributed by atoms with Gasteiger partial charge in [-0.3, -0.25) is 0 Å². The largest absolute Gasteiger partial charge is 0.497 e. The highest BCUT2D eigenvalue weighted by Gasteiger charge is 2.26. The van der Waals surface area contributed by atoms with Crippen molar-refractivity contribution >= 4 is 34.1 Å². The lowest BCUT2D eigenvalue weighted by molar-refractivity contribution is 0.414. The van der Waals surface area contributed by atoms with Gasteiger partial charge >= 0.3 is 0 Å². The fraction of sp³-hybridized carbons (Fsp3) is 0.0455. The Balaban J connectivity index is 1.58. The fourth-order valence-electron chi connectivity index (χ4n) is 6.22. The molecule has 234 valence electrons. The molecule has 0 aliphatic rings. The molecular weight excluding hydrogens is 588 g/mol. The third-order valence-corrected chi connectivity index (χ3v) is 8.46. The Hall–Kier alpha value is -6.26. The molecule has 4 nitrogen and oxygen atoms in total.